The molecule has 3 aliphatic carbocycles. The summed E-state index contributed by atoms with van der Waals surface area (Å²) in [6.07, 6.45) is 15.2. The molecule has 0 bridgehead atoms. The highest BCUT2D eigenvalue weighted by Crippen LogP contribution is 2.59. The van der Waals surface area contributed by atoms with E-state index in [1.807, 2.05) is 26.0 Å². The Morgan fingerprint density at radius 3 is 2.66 bits per heavy atom. The van der Waals surface area contributed by atoms with Crippen LogP contribution in [0.15, 0.2) is 35.5 Å². The van der Waals surface area contributed by atoms with Gasteiger partial charge in [-0.25, -0.2) is 4.39 Å². The van der Waals surface area contributed by atoms with E-state index in [9.17, 15) is 14.6 Å². The van der Waals surface area contributed by atoms with Gasteiger partial charge in [-0.1, -0.05) is 57.6 Å². The van der Waals surface area contributed by atoms with E-state index in [-0.39, 0.29) is 17.5 Å². The SMILES string of the molecule is CCC(O)(/C=C/CC(C)C1CCC2/C(=C/C=C3/CC(O)CC(F)C3=N)CCCC21C)CC. The van der Waals surface area contributed by atoms with Crippen LogP contribution in [0.1, 0.15) is 91.9 Å². The zero-order valence-electron chi connectivity index (χ0n) is 20.5. The number of aliphatic hydroxyl groups excluding tert-OH is 1. The van der Waals surface area contributed by atoms with Crippen molar-refractivity contribution in [2.45, 2.75) is 110 Å². The maximum atomic E-state index is 14.0. The van der Waals surface area contributed by atoms with Crippen molar-refractivity contribution < 1.29 is 14.6 Å². The first kappa shape index (κ1) is 25.4. The molecule has 0 radical (unpaired) electrons. The molecule has 3 nitrogen and oxygen atoms in total. The smallest absolute Gasteiger partial charge is 0.144 e. The molecular weight excluding hydrogens is 401 g/mol. The molecule has 3 fully saturated rings. The quantitative estimate of drug-likeness (QED) is 0.382. The largest absolute Gasteiger partial charge is 0.393 e. The molecule has 0 amide bonds. The van der Waals surface area contributed by atoms with Gasteiger partial charge in [0.1, 0.15) is 6.17 Å². The number of rotatable bonds is 7. The van der Waals surface area contributed by atoms with E-state index < -0.39 is 17.9 Å². The molecular formula is C28H44FNO2. The summed E-state index contributed by atoms with van der Waals surface area (Å²) in [4.78, 5) is 0. The fraction of sp³-hybridized carbons (Fsp3) is 0.750. The summed E-state index contributed by atoms with van der Waals surface area (Å²) in [6.45, 7) is 8.91. The minimum atomic E-state index is -1.34. The van der Waals surface area contributed by atoms with Gasteiger partial charge in [-0.2, -0.15) is 0 Å². The number of alkyl halides is 1. The maximum absolute atomic E-state index is 14.0. The molecule has 0 aliphatic heterocycles. The van der Waals surface area contributed by atoms with Crippen LogP contribution in [0.4, 0.5) is 4.39 Å². The summed E-state index contributed by atoms with van der Waals surface area (Å²) in [6, 6.07) is 0. The Hall–Kier alpha value is -1.26. The van der Waals surface area contributed by atoms with Crippen LogP contribution in [0.2, 0.25) is 0 Å². The van der Waals surface area contributed by atoms with Crippen LogP contribution >= 0.6 is 0 Å². The second-order valence-electron chi connectivity index (χ2n) is 10.9. The van der Waals surface area contributed by atoms with Gasteiger partial charge in [-0.15, -0.1) is 0 Å². The molecule has 32 heavy (non-hydrogen) atoms. The van der Waals surface area contributed by atoms with Gasteiger partial charge in [-0.3, -0.25) is 0 Å². The Kier molecular flexibility index (Phi) is 8.20. The van der Waals surface area contributed by atoms with E-state index in [1.54, 1.807) is 0 Å². The van der Waals surface area contributed by atoms with Gasteiger partial charge in [0.25, 0.3) is 0 Å². The third-order valence-electron chi connectivity index (χ3n) is 8.98. The van der Waals surface area contributed by atoms with E-state index in [0.29, 0.717) is 29.7 Å². The Labute approximate surface area is 194 Å². The number of hydrogen-bond acceptors (Lipinski definition) is 3. The number of allylic oxidation sites excluding steroid dienone is 4. The van der Waals surface area contributed by atoms with Crippen molar-refractivity contribution in [1.82, 2.24) is 0 Å². The predicted molar refractivity (Wildman–Crippen MR) is 131 cm³/mol. The van der Waals surface area contributed by atoms with Gasteiger partial charge >= 0.3 is 0 Å². The van der Waals surface area contributed by atoms with E-state index >= 15 is 0 Å². The van der Waals surface area contributed by atoms with Crippen LogP contribution in [0.5, 0.6) is 0 Å². The van der Waals surface area contributed by atoms with Crippen LogP contribution in [-0.2, 0) is 0 Å². The average Bonchev–Trinajstić information content (AvgIpc) is 3.12. The van der Waals surface area contributed by atoms with E-state index in [0.717, 1.165) is 25.7 Å². The third-order valence-corrected chi connectivity index (χ3v) is 8.98. The molecule has 0 spiro atoms. The fourth-order valence-electron chi connectivity index (χ4n) is 6.74. The van der Waals surface area contributed by atoms with Crippen LogP contribution in [0.25, 0.3) is 0 Å². The fourth-order valence-corrected chi connectivity index (χ4v) is 6.74. The highest BCUT2D eigenvalue weighted by Gasteiger charge is 2.50. The average molecular weight is 446 g/mol. The second kappa shape index (κ2) is 10.3. The summed E-state index contributed by atoms with van der Waals surface area (Å²) in [5.41, 5.74) is 1.77. The van der Waals surface area contributed by atoms with E-state index in [4.69, 9.17) is 5.41 Å². The summed E-state index contributed by atoms with van der Waals surface area (Å²) in [5, 5.41) is 28.5. The van der Waals surface area contributed by atoms with Gasteiger partial charge in [-0.05, 0) is 80.1 Å². The first-order valence-electron chi connectivity index (χ1n) is 12.8. The molecule has 0 saturated heterocycles. The van der Waals surface area contributed by atoms with Crippen molar-refractivity contribution in [3.63, 3.8) is 0 Å². The molecule has 0 aromatic heterocycles. The molecule has 6 unspecified atom stereocenters. The normalized spacial score (nSPS) is 37.4. The number of fused-ring (bicyclic) bond motifs is 1. The molecule has 0 heterocycles. The molecule has 6 atom stereocenters. The lowest BCUT2D eigenvalue weighted by molar-refractivity contribution is 0.0813. The van der Waals surface area contributed by atoms with Crippen LogP contribution < -0.4 is 0 Å². The Balaban J connectivity index is 1.72. The molecule has 180 valence electrons. The van der Waals surface area contributed by atoms with Crippen molar-refractivity contribution in [2.75, 3.05) is 0 Å². The zero-order valence-corrected chi connectivity index (χ0v) is 20.5. The second-order valence-corrected chi connectivity index (χ2v) is 10.9. The lowest BCUT2D eigenvalue weighted by atomic mass is 9.61. The molecule has 0 aromatic rings. The van der Waals surface area contributed by atoms with Gasteiger partial charge < -0.3 is 15.6 Å². The minimum Gasteiger partial charge on any atom is -0.393 e. The molecule has 3 saturated carbocycles. The first-order valence-corrected chi connectivity index (χ1v) is 12.8. The predicted octanol–water partition coefficient (Wildman–Crippen LogP) is 6.70. The molecule has 3 N–H and O–H groups in total. The summed E-state index contributed by atoms with van der Waals surface area (Å²) in [5.74, 6) is 1.79. The monoisotopic (exact) mass is 445 g/mol. The maximum Gasteiger partial charge on any atom is 0.144 e. The highest BCUT2D eigenvalue weighted by atomic mass is 19.1. The van der Waals surface area contributed by atoms with E-state index in [1.165, 1.54) is 31.3 Å². The van der Waals surface area contributed by atoms with Crippen molar-refractivity contribution in [3.05, 3.63) is 35.5 Å². The minimum absolute atomic E-state index is 0.0505. The van der Waals surface area contributed by atoms with Crippen LogP contribution in [0.3, 0.4) is 0 Å². The van der Waals surface area contributed by atoms with Crippen molar-refractivity contribution in [1.29, 1.82) is 5.41 Å². The Bertz CT molecular complexity index is 765. The van der Waals surface area contributed by atoms with Crippen LogP contribution in [-0.4, -0.2) is 33.8 Å². The summed E-state index contributed by atoms with van der Waals surface area (Å²) < 4.78 is 14.0. The van der Waals surface area contributed by atoms with E-state index in [2.05, 4.69) is 26.0 Å². The molecule has 3 aliphatic rings. The topological polar surface area (TPSA) is 64.3 Å². The van der Waals surface area contributed by atoms with Crippen LogP contribution in [0, 0.1) is 28.6 Å². The number of nitrogens with one attached hydrogen (secondary N) is 1. The zero-order chi connectivity index (χ0) is 23.5. The highest BCUT2D eigenvalue weighted by molar-refractivity contribution is 6.02. The number of halogens is 1. The molecule has 3 rings (SSSR count). The van der Waals surface area contributed by atoms with Gasteiger partial charge in [0.15, 0.2) is 0 Å². The van der Waals surface area contributed by atoms with Gasteiger partial charge in [0.2, 0.25) is 0 Å². The summed E-state index contributed by atoms with van der Waals surface area (Å²) >= 11 is 0. The van der Waals surface area contributed by atoms with Crippen molar-refractivity contribution in [3.8, 4) is 0 Å². The van der Waals surface area contributed by atoms with Crippen molar-refractivity contribution in [2.24, 2.45) is 23.2 Å². The first-order chi connectivity index (χ1) is 15.1. The number of hydrogen-bond donors (Lipinski definition) is 3. The Morgan fingerprint density at radius 2 is 1.97 bits per heavy atom. The molecule has 0 aromatic carbocycles. The lowest BCUT2D eigenvalue weighted by Crippen LogP contribution is -2.36. The molecule has 4 heteroatoms. The standard InChI is InChI=1S/C28H44FNO2/c1-5-28(32,6-2)16-7-9-19(3)23-13-14-24-20(10-8-15-27(23,24)4)11-12-21-17-22(31)18-25(29)26(21)30/h7,11-12,16,19,22-25,30-32H,5-6,8-10,13-15,17-18H2,1-4H3/b16-7+,20-11+,21-12-,30-26?. The number of aliphatic hydroxyl groups is 2. The summed E-state index contributed by atoms with van der Waals surface area (Å²) in [7, 11) is 0. The van der Waals surface area contributed by atoms with Crippen molar-refractivity contribution >= 4 is 5.71 Å². The lowest BCUT2D eigenvalue weighted by Gasteiger charge is -2.44. The third kappa shape index (κ3) is 5.28. The Morgan fingerprint density at radius 1 is 1.25 bits per heavy atom. The van der Waals surface area contributed by atoms with Gasteiger partial charge in [0, 0.05) is 12.8 Å². The van der Waals surface area contributed by atoms with Gasteiger partial charge in [0.05, 0.1) is 17.4 Å².